The number of hydrogen-bond donors (Lipinski definition) is 2. The van der Waals surface area contributed by atoms with Crippen LogP contribution in [-0.4, -0.2) is 21.7 Å². The molecule has 2 rings (SSSR count). The fourth-order valence-corrected chi connectivity index (χ4v) is 2.17. The lowest BCUT2D eigenvalue weighted by molar-refractivity contribution is -0.120. The predicted octanol–water partition coefficient (Wildman–Crippen LogP) is 1.40. The average molecular weight is 272 g/mol. The lowest BCUT2D eigenvalue weighted by atomic mass is 10.1. The molecule has 5 nitrogen and oxygen atoms in total. The van der Waals surface area contributed by atoms with Gasteiger partial charge in [-0.15, -0.1) is 0 Å². The molecule has 2 atom stereocenters. The Balaban J connectivity index is 2.03. The van der Waals surface area contributed by atoms with Crippen LogP contribution in [0.3, 0.4) is 0 Å². The van der Waals surface area contributed by atoms with E-state index in [9.17, 15) is 4.79 Å². The third kappa shape index (κ3) is 3.68. The van der Waals surface area contributed by atoms with Gasteiger partial charge in [0.25, 0.3) is 0 Å². The molecule has 106 valence electrons. The second-order valence-electron chi connectivity index (χ2n) is 5.05. The average Bonchev–Trinajstić information content (AvgIpc) is 2.82. The number of carbonyl (C=O) groups is 1. The number of amides is 1. The van der Waals surface area contributed by atoms with Gasteiger partial charge in [0, 0.05) is 12.2 Å². The highest BCUT2D eigenvalue weighted by Gasteiger charge is 2.19. The van der Waals surface area contributed by atoms with Crippen LogP contribution in [-0.2, 0) is 11.3 Å². The van der Waals surface area contributed by atoms with Crippen LogP contribution < -0.4 is 11.1 Å². The van der Waals surface area contributed by atoms with Gasteiger partial charge >= 0.3 is 0 Å². The monoisotopic (exact) mass is 272 g/mol. The van der Waals surface area contributed by atoms with Crippen LogP contribution in [0.1, 0.15) is 24.1 Å². The third-order valence-electron chi connectivity index (χ3n) is 3.09. The summed E-state index contributed by atoms with van der Waals surface area (Å²) in [7, 11) is 0. The molecule has 3 N–H and O–H groups in total. The van der Waals surface area contributed by atoms with Crippen molar-refractivity contribution < 1.29 is 4.79 Å². The van der Waals surface area contributed by atoms with E-state index < -0.39 is 6.04 Å². The highest BCUT2D eigenvalue weighted by molar-refractivity contribution is 5.81. The van der Waals surface area contributed by atoms with E-state index in [1.54, 1.807) is 0 Å². The van der Waals surface area contributed by atoms with Gasteiger partial charge in [0.15, 0.2) is 0 Å². The normalized spacial score (nSPS) is 13.9. The van der Waals surface area contributed by atoms with Crippen LogP contribution >= 0.6 is 0 Å². The molecular formula is C15H20N4O. The Morgan fingerprint density at radius 2 is 2.10 bits per heavy atom. The van der Waals surface area contributed by atoms with E-state index in [0.29, 0.717) is 6.54 Å². The molecule has 0 radical (unpaired) electrons. The summed E-state index contributed by atoms with van der Waals surface area (Å²) in [6.07, 6.45) is 3.79. The number of benzene rings is 1. The molecule has 1 aromatic carbocycles. The van der Waals surface area contributed by atoms with Gasteiger partial charge < -0.3 is 5.73 Å². The van der Waals surface area contributed by atoms with Gasteiger partial charge in [0.2, 0.25) is 5.91 Å². The zero-order valence-corrected chi connectivity index (χ0v) is 11.8. The summed E-state index contributed by atoms with van der Waals surface area (Å²) in [6, 6.07) is 9.09. The van der Waals surface area contributed by atoms with Crippen molar-refractivity contribution in [2.24, 2.45) is 5.73 Å². The Kier molecular flexibility index (Phi) is 4.53. The minimum Gasteiger partial charge on any atom is -0.368 e. The molecule has 0 aliphatic carbocycles. The Morgan fingerprint density at radius 3 is 2.65 bits per heavy atom. The molecule has 2 aromatic rings. The van der Waals surface area contributed by atoms with Crippen LogP contribution in [0, 0.1) is 6.92 Å². The van der Waals surface area contributed by atoms with Gasteiger partial charge in [0.1, 0.15) is 6.04 Å². The summed E-state index contributed by atoms with van der Waals surface area (Å²) in [5, 5.41) is 7.50. The van der Waals surface area contributed by atoms with Gasteiger partial charge in [-0.25, -0.2) is 0 Å². The third-order valence-corrected chi connectivity index (χ3v) is 3.09. The van der Waals surface area contributed by atoms with Crippen LogP contribution in [0.15, 0.2) is 42.7 Å². The number of primary amides is 1. The van der Waals surface area contributed by atoms with Crippen LogP contribution in [0.2, 0.25) is 0 Å². The smallest absolute Gasteiger partial charge is 0.239 e. The Hall–Kier alpha value is -2.14. The second-order valence-corrected chi connectivity index (χ2v) is 5.05. The standard InChI is InChI=1S/C15H20N4O/c1-11-8-17-19(9-11)10-12(2)18-14(15(16)20)13-6-4-3-5-7-13/h3-9,12,14,18H,10H2,1-2H3,(H2,16,20)/t12-,14+/m0/s1. The van der Waals surface area contributed by atoms with E-state index in [1.165, 1.54) is 0 Å². The zero-order valence-electron chi connectivity index (χ0n) is 11.8. The number of hydrogen-bond acceptors (Lipinski definition) is 3. The van der Waals surface area contributed by atoms with E-state index in [0.717, 1.165) is 11.1 Å². The summed E-state index contributed by atoms with van der Waals surface area (Å²) < 4.78 is 1.86. The minimum absolute atomic E-state index is 0.0759. The fourth-order valence-electron chi connectivity index (χ4n) is 2.17. The number of rotatable bonds is 6. The van der Waals surface area contributed by atoms with Crippen molar-refractivity contribution in [3.8, 4) is 0 Å². The van der Waals surface area contributed by atoms with Crippen LogP contribution in [0.4, 0.5) is 0 Å². The van der Waals surface area contributed by atoms with Gasteiger partial charge in [0.05, 0.1) is 12.7 Å². The molecule has 1 heterocycles. The highest BCUT2D eigenvalue weighted by atomic mass is 16.1. The van der Waals surface area contributed by atoms with Crippen LogP contribution in [0.5, 0.6) is 0 Å². The predicted molar refractivity (Wildman–Crippen MR) is 77.9 cm³/mol. The molecule has 0 fully saturated rings. The number of nitrogens with zero attached hydrogens (tertiary/aromatic N) is 2. The number of aromatic nitrogens is 2. The largest absolute Gasteiger partial charge is 0.368 e. The molecule has 5 heteroatoms. The lowest BCUT2D eigenvalue weighted by Gasteiger charge is -2.21. The van der Waals surface area contributed by atoms with Crippen molar-refractivity contribution in [2.45, 2.75) is 32.5 Å². The van der Waals surface area contributed by atoms with Crippen molar-refractivity contribution in [2.75, 3.05) is 0 Å². The van der Waals surface area contributed by atoms with Gasteiger partial charge in [-0.1, -0.05) is 30.3 Å². The minimum atomic E-state index is -0.483. The second kappa shape index (κ2) is 6.34. The molecule has 0 aliphatic heterocycles. The maximum Gasteiger partial charge on any atom is 0.239 e. The Bertz CT molecular complexity index is 564. The number of nitrogens with two attached hydrogens (primary N) is 1. The molecule has 0 saturated carbocycles. The van der Waals surface area contributed by atoms with Gasteiger partial charge in [-0.05, 0) is 25.0 Å². The van der Waals surface area contributed by atoms with Gasteiger partial charge in [-0.2, -0.15) is 5.10 Å². The molecule has 1 amide bonds. The van der Waals surface area contributed by atoms with Crippen LogP contribution in [0.25, 0.3) is 0 Å². The van der Waals surface area contributed by atoms with Crippen molar-refractivity contribution >= 4 is 5.91 Å². The Morgan fingerprint density at radius 1 is 1.40 bits per heavy atom. The Labute approximate surface area is 118 Å². The first kappa shape index (κ1) is 14.3. The molecule has 0 aliphatic rings. The molecule has 0 spiro atoms. The van der Waals surface area contributed by atoms with Crippen molar-refractivity contribution in [3.05, 3.63) is 53.9 Å². The van der Waals surface area contributed by atoms with Crippen molar-refractivity contribution in [1.29, 1.82) is 0 Å². The number of nitrogens with one attached hydrogen (secondary N) is 1. The van der Waals surface area contributed by atoms with E-state index in [4.69, 9.17) is 5.73 Å². The van der Waals surface area contributed by atoms with E-state index in [1.807, 2.05) is 61.3 Å². The number of aryl methyl sites for hydroxylation is 1. The van der Waals surface area contributed by atoms with E-state index in [-0.39, 0.29) is 11.9 Å². The first-order valence-corrected chi connectivity index (χ1v) is 6.65. The highest BCUT2D eigenvalue weighted by Crippen LogP contribution is 2.13. The maximum atomic E-state index is 11.6. The molecule has 20 heavy (non-hydrogen) atoms. The summed E-state index contributed by atoms with van der Waals surface area (Å²) in [5.74, 6) is -0.375. The van der Waals surface area contributed by atoms with E-state index in [2.05, 4.69) is 10.4 Å². The fraction of sp³-hybridized carbons (Fsp3) is 0.333. The summed E-state index contributed by atoms with van der Waals surface area (Å²) in [6.45, 7) is 4.69. The zero-order chi connectivity index (χ0) is 14.5. The topological polar surface area (TPSA) is 72.9 Å². The SMILES string of the molecule is Cc1cnn(C[C@H](C)N[C@@H](C(N)=O)c2ccccc2)c1. The quantitative estimate of drug-likeness (QED) is 0.834. The molecule has 0 saturated heterocycles. The van der Waals surface area contributed by atoms with Crippen molar-refractivity contribution in [1.82, 2.24) is 15.1 Å². The van der Waals surface area contributed by atoms with E-state index >= 15 is 0 Å². The first-order valence-electron chi connectivity index (χ1n) is 6.65. The molecular weight excluding hydrogens is 252 g/mol. The first-order chi connectivity index (χ1) is 9.56. The van der Waals surface area contributed by atoms with Gasteiger partial charge in [-0.3, -0.25) is 14.8 Å². The van der Waals surface area contributed by atoms with Crippen molar-refractivity contribution in [3.63, 3.8) is 0 Å². The summed E-state index contributed by atoms with van der Waals surface area (Å²) in [4.78, 5) is 11.6. The molecule has 0 bridgehead atoms. The summed E-state index contributed by atoms with van der Waals surface area (Å²) in [5.41, 5.74) is 7.49. The number of carbonyl (C=O) groups excluding carboxylic acids is 1. The molecule has 0 unspecified atom stereocenters. The lowest BCUT2D eigenvalue weighted by Crippen LogP contribution is -2.40. The summed E-state index contributed by atoms with van der Waals surface area (Å²) >= 11 is 0. The molecule has 1 aromatic heterocycles. The maximum absolute atomic E-state index is 11.6.